The zero-order valence-corrected chi connectivity index (χ0v) is 18.8. The Morgan fingerprint density at radius 1 is 1.12 bits per heavy atom. The first-order valence-electron chi connectivity index (χ1n) is 9.79. The molecule has 1 amide bonds. The summed E-state index contributed by atoms with van der Waals surface area (Å²) in [5, 5.41) is 4.18. The summed E-state index contributed by atoms with van der Waals surface area (Å²) >= 11 is 7.23. The molecule has 32 heavy (non-hydrogen) atoms. The van der Waals surface area contributed by atoms with Crippen LogP contribution in [0.5, 0.6) is 0 Å². The largest absolute Gasteiger partial charge is 0.462 e. The van der Waals surface area contributed by atoms with E-state index in [9.17, 15) is 14.4 Å². The van der Waals surface area contributed by atoms with Crippen LogP contribution in [0.3, 0.4) is 0 Å². The monoisotopic (exact) mass is 467 g/mol. The number of nitrogens with one attached hydrogen (secondary N) is 1. The van der Waals surface area contributed by atoms with Gasteiger partial charge in [-0.15, -0.1) is 11.3 Å². The minimum atomic E-state index is -0.759. The van der Waals surface area contributed by atoms with Crippen molar-refractivity contribution < 1.29 is 18.7 Å². The van der Waals surface area contributed by atoms with Crippen LogP contribution in [0.2, 0.25) is 5.02 Å². The molecule has 0 spiro atoms. The van der Waals surface area contributed by atoms with E-state index in [-0.39, 0.29) is 17.7 Å². The molecule has 0 fully saturated rings. The molecule has 2 heterocycles. The Morgan fingerprint density at radius 3 is 2.56 bits per heavy atom. The lowest BCUT2D eigenvalue weighted by Crippen LogP contribution is -2.21. The number of rotatable bonds is 5. The first-order chi connectivity index (χ1) is 15.4. The third kappa shape index (κ3) is 4.17. The molecule has 0 aliphatic rings. The molecule has 0 aliphatic heterocycles. The molecule has 0 aliphatic carbocycles. The molecule has 0 unspecified atom stereocenters. The molecule has 0 bridgehead atoms. The van der Waals surface area contributed by atoms with Crippen LogP contribution in [-0.2, 0) is 4.74 Å². The number of anilines is 1. The van der Waals surface area contributed by atoms with Crippen molar-refractivity contribution in [1.82, 2.24) is 0 Å². The number of esters is 1. The number of hydrogen-bond donors (Lipinski definition) is 1. The van der Waals surface area contributed by atoms with Gasteiger partial charge in [-0.05, 0) is 43.7 Å². The number of para-hydroxylation sites is 1. The molecule has 6 nitrogen and oxygen atoms in total. The van der Waals surface area contributed by atoms with Crippen molar-refractivity contribution in [3.8, 4) is 11.1 Å². The Labute approximate surface area is 192 Å². The molecule has 0 atom stereocenters. The van der Waals surface area contributed by atoms with Gasteiger partial charge in [-0.1, -0.05) is 41.9 Å². The maximum atomic E-state index is 13.0. The molecule has 0 radical (unpaired) electrons. The molecule has 0 saturated heterocycles. The van der Waals surface area contributed by atoms with Gasteiger partial charge < -0.3 is 14.5 Å². The molecular formula is C24H18ClNO5S. The van der Waals surface area contributed by atoms with E-state index in [0.29, 0.717) is 26.6 Å². The van der Waals surface area contributed by atoms with Crippen molar-refractivity contribution in [2.45, 2.75) is 13.8 Å². The molecule has 1 N–H and O–H groups in total. The highest BCUT2D eigenvalue weighted by Gasteiger charge is 2.26. The second-order valence-electron chi connectivity index (χ2n) is 6.90. The van der Waals surface area contributed by atoms with Crippen molar-refractivity contribution in [3.63, 3.8) is 0 Å². The summed E-state index contributed by atoms with van der Waals surface area (Å²) in [6.45, 7) is 3.73. The van der Waals surface area contributed by atoms with Crippen LogP contribution in [0.15, 0.2) is 63.8 Å². The highest BCUT2D eigenvalue weighted by Crippen LogP contribution is 2.40. The summed E-state index contributed by atoms with van der Waals surface area (Å²) in [5.41, 5.74) is 1.11. The number of hydrogen-bond acceptors (Lipinski definition) is 6. The first-order valence-corrected chi connectivity index (χ1v) is 11.0. The number of benzene rings is 2. The third-order valence-corrected chi connectivity index (χ3v) is 6.08. The number of carbonyl (C=O) groups is 2. The number of halogens is 1. The molecule has 2 aromatic carbocycles. The highest BCUT2D eigenvalue weighted by atomic mass is 35.5. The quantitative estimate of drug-likeness (QED) is 0.291. The lowest BCUT2D eigenvalue weighted by molar-refractivity contribution is 0.0529. The maximum absolute atomic E-state index is 13.0. The van der Waals surface area contributed by atoms with Crippen molar-refractivity contribution in [2.75, 3.05) is 11.9 Å². The normalized spacial score (nSPS) is 10.8. The van der Waals surface area contributed by atoms with Gasteiger partial charge in [0, 0.05) is 20.8 Å². The number of carbonyl (C=O) groups excluding carboxylic acids is 2. The Kier molecular flexibility index (Phi) is 6.12. The molecular weight excluding hydrogens is 450 g/mol. The van der Waals surface area contributed by atoms with Gasteiger partial charge in [0.1, 0.15) is 21.7 Å². The predicted octanol–water partition coefficient (Wildman–Crippen LogP) is 5.91. The summed E-state index contributed by atoms with van der Waals surface area (Å²) in [5.74, 6) is -1.23. The van der Waals surface area contributed by atoms with E-state index in [1.807, 2.05) is 6.92 Å². The second-order valence-corrected chi connectivity index (χ2v) is 8.57. The van der Waals surface area contributed by atoms with Gasteiger partial charge in [-0.3, -0.25) is 4.79 Å². The van der Waals surface area contributed by atoms with Crippen molar-refractivity contribution in [1.29, 1.82) is 0 Å². The summed E-state index contributed by atoms with van der Waals surface area (Å²) < 4.78 is 10.5. The first kappa shape index (κ1) is 21.8. The van der Waals surface area contributed by atoms with Crippen LogP contribution in [-0.4, -0.2) is 18.5 Å². The molecule has 8 heteroatoms. The molecule has 2 aromatic heterocycles. The van der Waals surface area contributed by atoms with Crippen LogP contribution in [0.4, 0.5) is 5.00 Å². The van der Waals surface area contributed by atoms with Crippen molar-refractivity contribution in [3.05, 3.63) is 86.0 Å². The van der Waals surface area contributed by atoms with E-state index < -0.39 is 17.5 Å². The average molecular weight is 468 g/mol. The molecule has 4 aromatic rings. The second kappa shape index (κ2) is 8.98. The van der Waals surface area contributed by atoms with Crippen LogP contribution < -0.4 is 10.9 Å². The summed E-state index contributed by atoms with van der Waals surface area (Å²) in [4.78, 5) is 39.0. The predicted molar refractivity (Wildman–Crippen MR) is 126 cm³/mol. The maximum Gasteiger partial charge on any atom is 0.349 e. The van der Waals surface area contributed by atoms with Crippen LogP contribution in [0.1, 0.15) is 32.5 Å². The van der Waals surface area contributed by atoms with Gasteiger partial charge in [-0.25, -0.2) is 9.59 Å². The Hall–Kier alpha value is -3.42. The van der Waals surface area contributed by atoms with Gasteiger partial charge in [0.05, 0.1) is 6.61 Å². The van der Waals surface area contributed by atoms with Gasteiger partial charge in [0.25, 0.3) is 5.91 Å². The number of amides is 1. The van der Waals surface area contributed by atoms with Crippen molar-refractivity contribution >= 4 is 50.8 Å². The zero-order valence-electron chi connectivity index (χ0n) is 17.2. The Morgan fingerprint density at radius 2 is 1.84 bits per heavy atom. The number of aryl methyl sites for hydroxylation is 1. The fraction of sp³-hybridized carbons (Fsp3) is 0.125. The molecule has 0 saturated carbocycles. The summed E-state index contributed by atoms with van der Waals surface area (Å²) in [6.07, 6.45) is 0. The van der Waals surface area contributed by atoms with Gasteiger partial charge in [-0.2, -0.15) is 0 Å². The standard InChI is InChI=1S/C24H18ClNO5S/c1-3-30-24(29)20-19(14-8-10-16(25)11-9-14)13(2)32-22(20)26-21(27)17-12-15-6-4-5-7-18(15)31-23(17)28/h4-12H,3H2,1-2H3,(H,26,27). The fourth-order valence-corrected chi connectivity index (χ4v) is 4.57. The van der Waals surface area contributed by atoms with E-state index in [1.165, 1.54) is 17.4 Å². The Balaban J connectivity index is 1.78. The summed E-state index contributed by atoms with van der Waals surface area (Å²) in [7, 11) is 0. The number of thiophene rings is 1. The molecule has 162 valence electrons. The van der Waals surface area contributed by atoms with Crippen LogP contribution in [0, 0.1) is 6.92 Å². The van der Waals surface area contributed by atoms with Gasteiger partial charge >= 0.3 is 11.6 Å². The van der Waals surface area contributed by atoms with Gasteiger partial charge in [0.15, 0.2) is 0 Å². The average Bonchev–Trinajstić information content (AvgIpc) is 3.09. The Bertz CT molecular complexity index is 1390. The SMILES string of the molecule is CCOC(=O)c1c(NC(=O)c2cc3ccccc3oc2=O)sc(C)c1-c1ccc(Cl)cc1. The van der Waals surface area contributed by atoms with E-state index in [0.717, 1.165) is 10.4 Å². The van der Waals surface area contributed by atoms with E-state index >= 15 is 0 Å². The van der Waals surface area contributed by atoms with E-state index in [4.69, 9.17) is 20.8 Å². The lowest BCUT2D eigenvalue weighted by Gasteiger charge is -2.09. The minimum absolute atomic E-state index is 0.155. The third-order valence-electron chi connectivity index (χ3n) is 4.81. The lowest BCUT2D eigenvalue weighted by atomic mass is 10.0. The van der Waals surface area contributed by atoms with Crippen LogP contribution >= 0.6 is 22.9 Å². The zero-order chi connectivity index (χ0) is 22.8. The van der Waals surface area contributed by atoms with E-state index in [1.54, 1.807) is 55.5 Å². The van der Waals surface area contributed by atoms with Crippen LogP contribution in [0.25, 0.3) is 22.1 Å². The summed E-state index contributed by atoms with van der Waals surface area (Å²) in [6, 6.07) is 15.4. The number of fused-ring (bicyclic) bond motifs is 1. The van der Waals surface area contributed by atoms with Gasteiger partial charge in [0.2, 0.25) is 0 Å². The van der Waals surface area contributed by atoms with Crippen molar-refractivity contribution in [2.24, 2.45) is 0 Å². The highest BCUT2D eigenvalue weighted by molar-refractivity contribution is 7.17. The number of ether oxygens (including phenoxy) is 1. The molecule has 4 rings (SSSR count). The van der Waals surface area contributed by atoms with E-state index in [2.05, 4.69) is 5.32 Å². The topological polar surface area (TPSA) is 85.6 Å². The smallest absolute Gasteiger partial charge is 0.349 e. The fourth-order valence-electron chi connectivity index (χ4n) is 3.39. The minimum Gasteiger partial charge on any atom is -0.462 e.